The van der Waals surface area contributed by atoms with Crippen LogP contribution in [0.2, 0.25) is 0 Å². The highest BCUT2D eigenvalue weighted by molar-refractivity contribution is 5.98. The smallest absolute Gasteiger partial charge is 0.286 e. The van der Waals surface area contributed by atoms with Gasteiger partial charge in [0, 0.05) is 13.1 Å². The number of methoxy groups -OCH3 is 2. The lowest BCUT2D eigenvalue weighted by molar-refractivity contribution is -0.385. The molecule has 0 N–H and O–H groups in total. The summed E-state index contributed by atoms with van der Waals surface area (Å²) in [5.41, 5.74) is -0.427. The minimum Gasteiger partial charge on any atom is -0.493 e. The third kappa shape index (κ3) is 3.48. The number of carbonyl (C=O) groups is 1. The van der Waals surface area contributed by atoms with Gasteiger partial charge in [0.15, 0.2) is 11.5 Å². The Balaban J connectivity index is 2.37. The van der Waals surface area contributed by atoms with E-state index >= 15 is 0 Å². The molecule has 0 unspecified atom stereocenters. The zero-order valence-electron chi connectivity index (χ0n) is 13.9. The molecule has 1 aromatic carbocycles. The lowest BCUT2D eigenvalue weighted by Gasteiger charge is -2.17. The third-order valence-corrected chi connectivity index (χ3v) is 3.46. The van der Waals surface area contributed by atoms with Crippen molar-refractivity contribution in [2.45, 2.75) is 13.5 Å². The Kier molecular flexibility index (Phi) is 5.08. The Labute approximate surface area is 138 Å². The number of furan rings is 1. The summed E-state index contributed by atoms with van der Waals surface area (Å²) in [5.74, 6) is 1.23. The standard InChI is InChI=1S/C16H18N2O6/c1-10-5-6-11(24-10)9-17(2)16(19)12-7-14(22-3)15(23-4)8-13(12)18(20)21/h5-8H,9H2,1-4H3. The highest BCUT2D eigenvalue weighted by atomic mass is 16.6. The fourth-order valence-corrected chi connectivity index (χ4v) is 2.27. The highest BCUT2D eigenvalue weighted by Gasteiger charge is 2.27. The lowest BCUT2D eigenvalue weighted by Crippen LogP contribution is -2.26. The van der Waals surface area contributed by atoms with Gasteiger partial charge >= 0.3 is 0 Å². The number of ether oxygens (including phenoxy) is 2. The molecule has 0 aliphatic rings. The first-order valence-electron chi connectivity index (χ1n) is 7.08. The summed E-state index contributed by atoms with van der Waals surface area (Å²) in [4.78, 5) is 24.6. The molecule has 0 fully saturated rings. The van der Waals surface area contributed by atoms with E-state index in [2.05, 4.69) is 0 Å². The van der Waals surface area contributed by atoms with E-state index in [0.717, 1.165) is 5.76 Å². The molecule has 128 valence electrons. The summed E-state index contributed by atoms with van der Waals surface area (Å²) >= 11 is 0. The molecular weight excluding hydrogens is 316 g/mol. The van der Waals surface area contributed by atoms with Crippen molar-refractivity contribution in [1.29, 1.82) is 0 Å². The van der Waals surface area contributed by atoms with Crippen LogP contribution >= 0.6 is 0 Å². The van der Waals surface area contributed by atoms with Crippen LogP contribution in [0.5, 0.6) is 11.5 Å². The number of nitro groups is 1. The predicted octanol–water partition coefficient (Wildman–Crippen LogP) is 2.79. The molecule has 0 radical (unpaired) electrons. The van der Waals surface area contributed by atoms with Crippen LogP contribution in [0.15, 0.2) is 28.7 Å². The van der Waals surface area contributed by atoms with Crippen molar-refractivity contribution in [1.82, 2.24) is 4.90 Å². The summed E-state index contributed by atoms with van der Waals surface area (Å²) in [6.07, 6.45) is 0. The fourth-order valence-electron chi connectivity index (χ4n) is 2.27. The molecular formula is C16H18N2O6. The maximum atomic E-state index is 12.6. The van der Waals surface area contributed by atoms with Crippen LogP contribution in [0.25, 0.3) is 0 Å². The number of nitrogens with zero attached hydrogens (tertiary/aromatic N) is 2. The van der Waals surface area contributed by atoms with Crippen molar-refractivity contribution in [3.8, 4) is 11.5 Å². The molecule has 0 saturated carbocycles. The summed E-state index contributed by atoms with van der Waals surface area (Å²) in [5, 5.41) is 11.3. The minimum atomic E-state index is -0.625. The number of aryl methyl sites for hydroxylation is 1. The van der Waals surface area contributed by atoms with Crippen molar-refractivity contribution in [2.75, 3.05) is 21.3 Å². The Hall–Kier alpha value is -3.03. The van der Waals surface area contributed by atoms with E-state index in [1.165, 1.54) is 31.3 Å². The van der Waals surface area contributed by atoms with Crippen LogP contribution in [0.1, 0.15) is 21.9 Å². The van der Waals surface area contributed by atoms with Gasteiger partial charge in [-0.3, -0.25) is 14.9 Å². The maximum Gasteiger partial charge on any atom is 0.286 e. The zero-order chi connectivity index (χ0) is 17.9. The maximum absolute atomic E-state index is 12.6. The van der Waals surface area contributed by atoms with Crippen LogP contribution < -0.4 is 9.47 Å². The number of hydrogen-bond donors (Lipinski definition) is 0. The van der Waals surface area contributed by atoms with E-state index < -0.39 is 10.8 Å². The molecule has 0 saturated heterocycles. The average molecular weight is 334 g/mol. The van der Waals surface area contributed by atoms with Crippen LogP contribution in [0.4, 0.5) is 5.69 Å². The molecule has 2 aromatic rings. The first-order valence-corrected chi connectivity index (χ1v) is 7.08. The molecule has 8 heteroatoms. The van der Waals surface area contributed by atoms with Gasteiger partial charge in [0.05, 0.1) is 31.8 Å². The molecule has 0 aliphatic heterocycles. The second-order valence-corrected chi connectivity index (χ2v) is 5.16. The lowest BCUT2D eigenvalue weighted by atomic mass is 10.1. The number of nitro benzene ring substituents is 1. The quantitative estimate of drug-likeness (QED) is 0.595. The first kappa shape index (κ1) is 17.3. The molecule has 0 spiro atoms. The van der Waals surface area contributed by atoms with E-state index in [1.54, 1.807) is 26.1 Å². The van der Waals surface area contributed by atoms with Crippen molar-refractivity contribution in [3.05, 3.63) is 51.5 Å². The monoisotopic (exact) mass is 334 g/mol. The van der Waals surface area contributed by atoms with Crippen molar-refractivity contribution >= 4 is 11.6 Å². The van der Waals surface area contributed by atoms with Gasteiger partial charge in [-0.05, 0) is 19.1 Å². The molecule has 0 aliphatic carbocycles. The summed E-state index contributed by atoms with van der Waals surface area (Å²) in [6.45, 7) is 1.99. The Morgan fingerprint density at radius 2 is 1.88 bits per heavy atom. The number of carbonyl (C=O) groups excluding carboxylic acids is 1. The Morgan fingerprint density at radius 3 is 2.38 bits per heavy atom. The molecule has 0 atom stereocenters. The molecule has 1 heterocycles. The second kappa shape index (κ2) is 7.03. The highest BCUT2D eigenvalue weighted by Crippen LogP contribution is 2.35. The largest absolute Gasteiger partial charge is 0.493 e. The SMILES string of the molecule is COc1cc(C(=O)N(C)Cc2ccc(C)o2)c([N+](=O)[O-])cc1OC. The summed E-state index contributed by atoms with van der Waals surface area (Å²) in [6, 6.07) is 6.02. The third-order valence-electron chi connectivity index (χ3n) is 3.46. The Morgan fingerprint density at radius 1 is 1.25 bits per heavy atom. The van der Waals surface area contributed by atoms with Gasteiger partial charge in [0.1, 0.15) is 17.1 Å². The van der Waals surface area contributed by atoms with E-state index in [4.69, 9.17) is 13.9 Å². The fraction of sp³-hybridized carbons (Fsp3) is 0.312. The summed E-state index contributed by atoms with van der Waals surface area (Å²) in [7, 11) is 4.31. The van der Waals surface area contributed by atoms with Gasteiger partial charge < -0.3 is 18.8 Å². The minimum absolute atomic E-state index is 0.0802. The van der Waals surface area contributed by atoms with Gasteiger partial charge in [-0.25, -0.2) is 0 Å². The van der Waals surface area contributed by atoms with E-state index in [-0.39, 0.29) is 29.3 Å². The molecule has 1 aromatic heterocycles. The van der Waals surface area contributed by atoms with Crippen LogP contribution in [-0.4, -0.2) is 37.0 Å². The number of hydrogen-bond acceptors (Lipinski definition) is 6. The van der Waals surface area contributed by atoms with E-state index in [1.807, 2.05) is 0 Å². The average Bonchev–Trinajstić information content (AvgIpc) is 2.97. The van der Waals surface area contributed by atoms with Gasteiger partial charge in [0.25, 0.3) is 11.6 Å². The van der Waals surface area contributed by atoms with Crippen molar-refractivity contribution < 1.29 is 23.6 Å². The molecule has 8 nitrogen and oxygen atoms in total. The van der Waals surface area contributed by atoms with Gasteiger partial charge in [-0.2, -0.15) is 0 Å². The van der Waals surface area contributed by atoms with Crippen LogP contribution in [0, 0.1) is 17.0 Å². The first-order chi connectivity index (χ1) is 11.4. The molecule has 2 rings (SSSR count). The number of amides is 1. The number of benzene rings is 1. The van der Waals surface area contributed by atoms with Gasteiger partial charge in [-0.15, -0.1) is 0 Å². The zero-order valence-corrected chi connectivity index (χ0v) is 13.9. The van der Waals surface area contributed by atoms with Gasteiger partial charge in [0.2, 0.25) is 0 Å². The van der Waals surface area contributed by atoms with Crippen molar-refractivity contribution in [3.63, 3.8) is 0 Å². The summed E-state index contributed by atoms with van der Waals surface area (Å²) < 4.78 is 15.6. The second-order valence-electron chi connectivity index (χ2n) is 5.16. The number of rotatable bonds is 6. The van der Waals surface area contributed by atoms with E-state index in [9.17, 15) is 14.9 Å². The van der Waals surface area contributed by atoms with Crippen LogP contribution in [-0.2, 0) is 6.54 Å². The predicted molar refractivity (Wildman–Crippen MR) is 85.4 cm³/mol. The molecule has 0 bridgehead atoms. The topological polar surface area (TPSA) is 95.0 Å². The Bertz CT molecular complexity index is 768. The van der Waals surface area contributed by atoms with Crippen molar-refractivity contribution in [2.24, 2.45) is 0 Å². The van der Waals surface area contributed by atoms with Gasteiger partial charge in [-0.1, -0.05) is 0 Å². The molecule has 24 heavy (non-hydrogen) atoms. The van der Waals surface area contributed by atoms with E-state index in [0.29, 0.717) is 5.76 Å². The molecule has 1 amide bonds. The van der Waals surface area contributed by atoms with Crippen LogP contribution in [0.3, 0.4) is 0 Å². The normalized spacial score (nSPS) is 10.3.